The van der Waals surface area contributed by atoms with Gasteiger partial charge in [0.25, 0.3) is 5.91 Å². The number of nitrogens with one attached hydrogen (secondary N) is 1. The lowest BCUT2D eigenvalue weighted by Gasteiger charge is -2.27. The number of carbonyl (C=O) groups is 2. The van der Waals surface area contributed by atoms with Gasteiger partial charge in [0.15, 0.2) is 0 Å². The molecule has 2 aromatic rings. The van der Waals surface area contributed by atoms with Crippen molar-refractivity contribution in [2.24, 2.45) is 7.05 Å². The van der Waals surface area contributed by atoms with Gasteiger partial charge in [-0.3, -0.25) is 14.3 Å². The van der Waals surface area contributed by atoms with E-state index in [1.165, 1.54) is 6.08 Å². The Labute approximate surface area is 163 Å². The molecule has 27 heavy (non-hydrogen) atoms. The summed E-state index contributed by atoms with van der Waals surface area (Å²) in [5.41, 5.74) is 2.47. The summed E-state index contributed by atoms with van der Waals surface area (Å²) in [5, 5.41) is 7.49. The summed E-state index contributed by atoms with van der Waals surface area (Å²) in [6.07, 6.45) is 6.23. The topological polar surface area (TPSA) is 67.2 Å². The number of rotatable bonds is 4. The van der Waals surface area contributed by atoms with E-state index in [2.05, 4.69) is 10.4 Å². The maximum atomic E-state index is 12.8. The SMILES string of the molecule is Cc1nn(C)c(Cl)c1/C=C/C(=O)Nc1ccccc1C(=O)N1CCCCC1. The highest BCUT2D eigenvalue weighted by atomic mass is 35.5. The molecule has 0 bridgehead atoms. The first-order valence-corrected chi connectivity index (χ1v) is 9.41. The van der Waals surface area contributed by atoms with Gasteiger partial charge in [0.05, 0.1) is 16.9 Å². The molecular weight excluding hydrogens is 364 g/mol. The predicted molar refractivity (Wildman–Crippen MR) is 107 cm³/mol. The van der Waals surface area contributed by atoms with E-state index in [-0.39, 0.29) is 11.8 Å². The van der Waals surface area contributed by atoms with Gasteiger partial charge in [-0.2, -0.15) is 5.10 Å². The van der Waals surface area contributed by atoms with Crippen LogP contribution in [0.1, 0.15) is 40.9 Å². The first-order chi connectivity index (χ1) is 13.0. The number of benzene rings is 1. The third-order valence-electron chi connectivity index (χ3n) is 4.66. The molecule has 1 aliphatic rings. The number of anilines is 1. The van der Waals surface area contributed by atoms with Gasteiger partial charge in [0.1, 0.15) is 5.15 Å². The van der Waals surface area contributed by atoms with Crippen LogP contribution in [-0.2, 0) is 11.8 Å². The Bertz CT molecular complexity index is 882. The number of halogens is 1. The van der Waals surface area contributed by atoms with Crippen molar-refractivity contribution in [3.63, 3.8) is 0 Å². The second-order valence-electron chi connectivity index (χ2n) is 6.63. The summed E-state index contributed by atoms with van der Waals surface area (Å²) in [5.74, 6) is -0.367. The second kappa shape index (κ2) is 8.39. The molecule has 1 aromatic carbocycles. The Balaban J connectivity index is 1.74. The summed E-state index contributed by atoms with van der Waals surface area (Å²) in [7, 11) is 1.75. The normalized spacial score (nSPS) is 14.6. The van der Waals surface area contributed by atoms with Crippen molar-refractivity contribution in [1.29, 1.82) is 0 Å². The molecule has 142 valence electrons. The minimum absolute atomic E-state index is 0.0410. The van der Waals surface area contributed by atoms with Crippen LogP contribution in [0.2, 0.25) is 5.15 Å². The van der Waals surface area contributed by atoms with Crippen molar-refractivity contribution in [2.45, 2.75) is 26.2 Å². The molecule has 6 nitrogen and oxygen atoms in total. The summed E-state index contributed by atoms with van der Waals surface area (Å²) in [6.45, 7) is 3.36. The Morgan fingerprint density at radius 3 is 2.56 bits per heavy atom. The number of hydrogen-bond donors (Lipinski definition) is 1. The highest BCUT2D eigenvalue weighted by Crippen LogP contribution is 2.22. The van der Waals surface area contributed by atoms with Crippen molar-refractivity contribution < 1.29 is 9.59 Å². The number of nitrogens with zero attached hydrogens (tertiary/aromatic N) is 3. The molecule has 1 aromatic heterocycles. The third kappa shape index (κ3) is 4.39. The molecule has 1 saturated heterocycles. The van der Waals surface area contributed by atoms with E-state index in [0.29, 0.717) is 22.0 Å². The second-order valence-corrected chi connectivity index (χ2v) is 6.99. The number of likely N-dealkylation sites (tertiary alicyclic amines) is 1. The fourth-order valence-corrected chi connectivity index (χ4v) is 3.45. The van der Waals surface area contributed by atoms with Crippen LogP contribution in [0.25, 0.3) is 6.08 Å². The number of hydrogen-bond acceptors (Lipinski definition) is 3. The van der Waals surface area contributed by atoms with Crippen LogP contribution in [0, 0.1) is 6.92 Å². The molecule has 2 heterocycles. The minimum Gasteiger partial charge on any atom is -0.339 e. The number of aryl methyl sites for hydroxylation is 2. The van der Waals surface area contributed by atoms with Gasteiger partial charge < -0.3 is 10.2 Å². The number of amides is 2. The zero-order chi connectivity index (χ0) is 19.4. The summed E-state index contributed by atoms with van der Waals surface area (Å²) < 4.78 is 1.56. The van der Waals surface area contributed by atoms with E-state index in [4.69, 9.17) is 11.6 Å². The summed E-state index contributed by atoms with van der Waals surface area (Å²) in [6, 6.07) is 7.10. The van der Waals surface area contributed by atoms with Gasteiger partial charge >= 0.3 is 0 Å². The van der Waals surface area contributed by atoms with Gasteiger partial charge in [0, 0.05) is 31.8 Å². The van der Waals surface area contributed by atoms with Crippen LogP contribution in [0.4, 0.5) is 5.69 Å². The quantitative estimate of drug-likeness (QED) is 0.815. The van der Waals surface area contributed by atoms with Crippen molar-refractivity contribution >= 4 is 35.2 Å². The number of aromatic nitrogens is 2. The lowest BCUT2D eigenvalue weighted by molar-refractivity contribution is -0.111. The Kier molecular flexibility index (Phi) is 5.96. The van der Waals surface area contributed by atoms with E-state index in [0.717, 1.165) is 38.0 Å². The smallest absolute Gasteiger partial charge is 0.255 e. The van der Waals surface area contributed by atoms with Gasteiger partial charge in [-0.25, -0.2) is 0 Å². The van der Waals surface area contributed by atoms with E-state index >= 15 is 0 Å². The van der Waals surface area contributed by atoms with Crippen LogP contribution >= 0.6 is 11.6 Å². The molecule has 1 fully saturated rings. The minimum atomic E-state index is -0.326. The molecule has 0 aliphatic carbocycles. The first kappa shape index (κ1) is 19.2. The Hall–Kier alpha value is -2.60. The van der Waals surface area contributed by atoms with Crippen molar-refractivity contribution in [3.8, 4) is 0 Å². The molecule has 0 saturated carbocycles. The van der Waals surface area contributed by atoms with Crippen LogP contribution in [0.3, 0.4) is 0 Å². The van der Waals surface area contributed by atoms with Crippen molar-refractivity contribution in [1.82, 2.24) is 14.7 Å². The maximum absolute atomic E-state index is 12.8. The monoisotopic (exact) mass is 386 g/mol. The molecule has 1 aliphatic heterocycles. The van der Waals surface area contributed by atoms with Crippen LogP contribution in [0.15, 0.2) is 30.3 Å². The van der Waals surface area contributed by atoms with Crippen LogP contribution < -0.4 is 5.32 Å². The highest BCUT2D eigenvalue weighted by Gasteiger charge is 2.21. The number of piperidine rings is 1. The maximum Gasteiger partial charge on any atom is 0.255 e. The van der Waals surface area contributed by atoms with E-state index in [9.17, 15) is 9.59 Å². The molecule has 0 spiro atoms. The Morgan fingerprint density at radius 1 is 1.19 bits per heavy atom. The first-order valence-electron chi connectivity index (χ1n) is 9.04. The number of carbonyl (C=O) groups excluding carboxylic acids is 2. The van der Waals surface area contributed by atoms with Gasteiger partial charge in [-0.1, -0.05) is 23.7 Å². The molecular formula is C20H23ClN4O2. The summed E-state index contributed by atoms with van der Waals surface area (Å²) in [4.78, 5) is 27.0. The van der Waals surface area contributed by atoms with E-state index < -0.39 is 0 Å². The molecule has 3 rings (SSSR count). The summed E-state index contributed by atoms with van der Waals surface area (Å²) >= 11 is 6.18. The third-order valence-corrected chi connectivity index (χ3v) is 5.10. The highest BCUT2D eigenvalue weighted by molar-refractivity contribution is 6.31. The predicted octanol–water partition coefficient (Wildman–Crippen LogP) is 3.66. The fourth-order valence-electron chi connectivity index (χ4n) is 3.22. The van der Waals surface area contributed by atoms with Crippen LogP contribution in [-0.4, -0.2) is 39.6 Å². The molecule has 7 heteroatoms. The van der Waals surface area contributed by atoms with Crippen molar-refractivity contribution in [3.05, 3.63) is 52.3 Å². The zero-order valence-corrected chi connectivity index (χ0v) is 16.3. The largest absolute Gasteiger partial charge is 0.339 e. The molecule has 1 N–H and O–H groups in total. The molecule has 0 radical (unpaired) electrons. The lowest BCUT2D eigenvalue weighted by Crippen LogP contribution is -2.36. The van der Waals surface area contributed by atoms with Gasteiger partial charge in [0.2, 0.25) is 5.91 Å². The van der Waals surface area contributed by atoms with E-state index in [1.54, 1.807) is 42.1 Å². The lowest BCUT2D eigenvalue weighted by atomic mass is 10.1. The molecule has 0 atom stereocenters. The van der Waals surface area contributed by atoms with Crippen LogP contribution in [0.5, 0.6) is 0 Å². The fraction of sp³-hybridized carbons (Fsp3) is 0.350. The van der Waals surface area contributed by atoms with Crippen molar-refractivity contribution in [2.75, 3.05) is 18.4 Å². The van der Waals surface area contributed by atoms with E-state index in [1.807, 2.05) is 11.8 Å². The zero-order valence-electron chi connectivity index (χ0n) is 15.5. The standard InChI is InChI=1S/C20H23ClN4O2/c1-14-15(19(21)24(2)23-14)10-11-18(26)22-17-9-5-4-8-16(17)20(27)25-12-6-3-7-13-25/h4-5,8-11H,3,6-7,12-13H2,1-2H3,(H,22,26)/b11-10+. The Morgan fingerprint density at radius 2 is 1.89 bits per heavy atom. The molecule has 2 amide bonds. The molecule has 0 unspecified atom stereocenters. The van der Waals surface area contributed by atoms with Gasteiger partial charge in [-0.05, 0) is 44.4 Å². The average molecular weight is 387 g/mol. The van der Waals surface area contributed by atoms with Gasteiger partial charge in [-0.15, -0.1) is 0 Å². The average Bonchev–Trinajstić information content (AvgIpc) is 2.92. The number of para-hydroxylation sites is 1.